The van der Waals surface area contributed by atoms with Gasteiger partial charge in [-0.05, 0) is 0 Å². The van der Waals surface area contributed by atoms with E-state index in [4.69, 9.17) is 9.26 Å². The number of cyclic esters (lactones) is 1. The molecule has 0 atom stereocenters. The van der Waals surface area contributed by atoms with Crippen molar-refractivity contribution in [2.45, 2.75) is 6.54 Å². The molecule has 0 saturated carbocycles. The van der Waals surface area contributed by atoms with Crippen molar-refractivity contribution >= 4 is 12.0 Å². The number of hydrogen-bond donors (Lipinski definition) is 0. The maximum absolute atomic E-state index is 12.1. The molecular formula is C16H17N3O4. The van der Waals surface area contributed by atoms with Crippen LogP contribution in [0, 0.1) is 0 Å². The van der Waals surface area contributed by atoms with Crippen molar-refractivity contribution in [1.82, 2.24) is 15.0 Å². The van der Waals surface area contributed by atoms with Crippen molar-refractivity contribution in [3.63, 3.8) is 0 Å². The molecule has 1 aromatic carbocycles. The first-order valence-corrected chi connectivity index (χ1v) is 7.30. The average molecular weight is 315 g/mol. The van der Waals surface area contributed by atoms with Gasteiger partial charge in [0.1, 0.15) is 18.8 Å². The Kier molecular flexibility index (Phi) is 4.27. The van der Waals surface area contributed by atoms with E-state index < -0.39 is 6.09 Å². The molecule has 1 aliphatic heterocycles. The Hall–Kier alpha value is -2.83. The largest absolute Gasteiger partial charge is 0.448 e. The highest BCUT2D eigenvalue weighted by atomic mass is 16.6. The Morgan fingerprint density at radius 1 is 1.35 bits per heavy atom. The smallest absolute Gasteiger partial charge is 0.410 e. The molecule has 2 heterocycles. The molecule has 120 valence electrons. The second-order valence-electron chi connectivity index (χ2n) is 5.33. The number of likely N-dealkylation sites (N-methyl/N-ethyl adjacent to an activating group) is 1. The minimum Gasteiger partial charge on any atom is -0.448 e. The molecular weight excluding hydrogens is 298 g/mol. The second kappa shape index (κ2) is 6.51. The van der Waals surface area contributed by atoms with Crippen LogP contribution in [0.15, 0.2) is 40.9 Å². The highest BCUT2D eigenvalue weighted by molar-refractivity contribution is 5.82. The van der Waals surface area contributed by atoms with E-state index in [1.54, 1.807) is 7.05 Å². The van der Waals surface area contributed by atoms with Gasteiger partial charge in [0, 0.05) is 18.7 Å². The average Bonchev–Trinajstić information content (AvgIpc) is 3.18. The number of ether oxygens (including phenoxy) is 1. The summed E-state index contributed by atoms with van der Waals surface area (Å²) >= 11 is 0. The molecule has 2 amide bonds. The van der Waals surface area contributed by atoms with Gasteiger partial charge in [0.25, 0.3) is 0 Å². The SMILES string of the molecule is CN(Cc1cc(-c2ccccc2)no1)C(=O)CN1CCOC1=O. The zero-order chi connectivity index (χ0) is 16.2. The molecule has 0 spiro atoms. The number of benzene rings is 1. The van der Waals surface area contributed by atoms with Crippen molar-refractivity contribution in [3.05, 3.63) is 42.2 Å². The van der Waals surface area contributed by atoms with Crippen LogP contribution in [-0.2, 0) is 16.1 Å². The third kappa shape index (κ3) is 3.50. The fourth-order valence-corrected chi connectivity index (χ4v) is 2.31. The first-order valence-electron chi connectivity index (χ1n) is 7.30. The zero-order valence-electron chi connectivity index (χ0n) is 12.8. The summed E-state index contributed by atoms with van der Waals surface area (Å²) in [6.07, 6.45) is -0.447. The van der Waals surface area contributed by atoms with Crippen LogP contribution in [-0.4, -0.2) is 53.7 Å². The molecule has 7 nitrogen and oxygen atoms in total. The number of carbonyl (C=O) groups excluding carboxylic acids is 2. The standard InChI is InChI=1S/C16H17N3O4/c1-18(15(20)11-19-7-8-22-16(19)21)10-13-9-14(17-23-13)12-5-3-2-4-6-12/h2-6,9H,7-8,10-11H2,1H3. The Bertz CT molecular complexity index is 698. The summed E-state index contributed by atoms with van der Waals surface area (Å²) in [4.78, 5) is 26.4. The fourth-order valence-electron chi connectivity index (χ4n) is 2.31. The van der Waals surface area contributed by atoms with Gasteiger partial charge in [-0.2, -0.15) is 0 Å². The molecule has 1 fully saturated rings. The summed E-state index contributed by atoms with van der Waals surface area (Å²) in [6, 6.07) is 11.5. The summed E-state index contributed by atoms with van der Waals surface area (Å²) < 4.78 is 10.1. The second-order valence-corrected chi connectivity index (χ2v) is 5.33. The third-order valence-electron chi connectivity index (χ3n) is 3.62. The van der Waals surface area contributed by atoms with Crippen LogP contribution in [0.25, 0.3) is 11.3 Å². The third-order valence-corrected chi connectivity index (χ3v) is 3.62. The molecule has 1 saturated heterocycles. The molecule has 0 aliphatic carbocycles. The molecule has 2 aromatic rings. The number of amides is 2. The molecule has 0 unspecified atom stereocenters. The van der Waals surface area contributed by atoms with Crippen LogP contribution in [0.1, 0.15) is 5.76 Å². The van der Waals surface area contributed by atoms with Crippen molar-refractivity contribution < 1.29 is 18.8 Å². The van der Waals surface area contributed by atoms with Crippen LogP contribution in [0.5, 0.6) is 0 Å². The van der Waals surface area contributed by atoms with Crippen LogP contribution >= 0.6 is 0 Å². The van der Waals surface area contributed by atoms with Crippen LogP contribution in [0.4, 0.5) is 4.79 Å². The Morgan fingerprint density at radius 3 is 2.83 bits per heavy atom. The maximum Gasteiger partial charge on any atom is 0.410 e. The molecule has 3 rings (SSSR count). The summed E-state index contributed by atoms with van der Waals surface area (Å²) in [5.74, 6) is 0.408. The monoisotopic (exact) mass is 315 g/mol. The Labute approximate surface area is 133 Å². The number of nitrogens with zero attached hydrogens (tertiary/aromatic N) is 3. The maximum atomic E-state index is 12.1. The van der Waals surface area contributed by atoms with E-state index in [0.29, 0.717) is 25.5 Å². The molecule has 1 aliphatic rings. The Balaban J connectivity index is 1.59. The topological polar surface area (TPSA) is 75.9 Å². The minimum atomic E-state index is -0.447. The zero-order valence-corrected chi connectivity index (χ0v) is 12.8. The number of aromatic nitrogens is 1. The van der Waals surface area contributed by atoms with Crippen LogP contribution in [0.2, 0.25) is 0 Å². The van der Waals surface area contributed by atoms with Gasteiger partial charge in [-0.15, -0.1) is 0 Å². The minimum absolute atomic E-state index is 0.00894. The quantitative estimate of drug-likeness (QED) is 0.840. The molecule has 7 heteroatoms. The van der Waals surface area contributed by atoms with E-state index in [9.17, 15) is 9.59 Å². The van der Waals surface area contributed by atoms with E-state index >= 15 is 0 Å². The first-order chi connectivity index (χ1) is 11.1. The van der Waals surface area contributed by atoms with E-state index in [-0.39, 0.29) is 12.5 Å². The molecule has 23 heavy (non-hydrogen) atoms. The van der Waals surface area contributed by atoms with Crippen LogP contribution in [0.3, 0.4) is 0 Å². The lowest BCUT2D eigenvalue weighted by Gasteiger charge is -2.18. The summed E-state index contributed by atoms with van der Waals surface area (Å²) in [5, 5.41) is 4.02. The van der Waals surface area contributed by atoms with Gasteiger partial charge in [0.05, 0.1) is 13.1 Å². The molecule has 0 radical (unpaired) electrons. The Morgan fingerprint density at radius 2 is 2.13 bits per heavy atom. The van der Waals surface area contributed by atoms with E-state index in [1.807, 2.05) is 36.4 Å². The van der Waals surface area contributed by atoms with E-state index in [1.165, 1.54) is 9.80 Å². The normalized spacial score (nSPS) is 14.0. The summed E-state index contributed by atoms with van der Waals surface area (Å²) in [7, 11) is 1.66. The summed E-state index contributed by atoms with van der Waals surface area (Å²) in [5.41, 5.74) is 1.68. The van der Waals surface area contributed by atoms with Gasteiger partial charge in [-0.25, -0.2) is 4.79 Å². The predicted octanol–water partition coefficient (Wildman–Crippen LogP) is 1.75. The fraction of sp³-hybridized carbons (Fsp3) is 0.312. The van der Waals surface area contributed by atoms with Crippen molar-refractivity contribution in [2.75, 3.05) is 26.7 Å². The predicted molar refractivity (Wildman–Crippen MR) is 81.3 cm³/mol. The molecule has 1 aromatic heterocycles. The molecule has 0 bridgehead atoms. The highest BCUT2D eigenvalue weighted by Gasteiger charge is 2.25. The lowest BCUT2D eigenvalue weighted by molar-refractivity contribution is -0.131. The van der Waals surface area contributed by atoms with Gasteiger partial charge >= 0.3 is 6.09 Å². The van der Waals surface area contributed by atoms with Gasteiger partial charge in [-0.1, -0.05) is 35.5 Å². The van der Waals surface area contributed by atoms with Gasteiger partial charge in [0.15, 0.2) is 5.76 Å². The van der Waals surface area contributed by atoms with Crippen molar-refractivity contribution in [1.29, 1.82) is 0 Å². The lowest BCUT2D eigenvalue weighted by atomic mass is 10.1. The van der Waals surface area contributed by atoms with Gasteiger partial charge in [0.2, 0.25) is 5.91 Å². The van der Waals surface area contributed by atoms with Crippen molar-refractivity contribution in [2.24, 2.45) is 0 Å². The van der Waals surface area contributed by atoms with Gasteiger partial charge < -0.3 is 14.2 Å². The highest BCUT2D eigenvalue weighted by Crippen LogP contribution is 2.19. The van der Waals surface area contributed by atoms with E-state index in [0.717, 1.165) is 11.3 Å². The van der Waals surface area contributed by atoms with Crippen molar-refractivity contribution in [3.8, 4) is 11.3 Å². The molecule has 0 N–H and O–H groups in total. The van der Waals surface area contributed by atoms with Crippen LogP contribution < -0.4 is 0 Å². The number of rotatable bonds is 5. The van der Waals surface area contributed by atoms with Gasteiger partial charge in [-0.3, -0.25) is 9.69 Å². The number of hydrogen-bond acceptors (Lipinski definition) is 5. The lowest BCUT2D eigenvalue weighted by Crippen LogP contribution is -2.38. The first kappa shape index (κ1) is 15.1. The van der Waals surface area contributed by atoms with E-state index in [2.05, 4.69) is 5.16 Å². The summed E-state index contributed by atoms with van der Waals surface area (Å²) in [6.45, 7) is 1.08. The number of carbonyl (C=O) groups is 2.